The second-order valence-electron chi connectivity index (χ2n) is 4.48. The van der Waals surface area contributed by atoms with Gasteiger partial charge in [0.25, 0.3) is 0 Å². The minimum Gasteiger partial charge on any atom is -0.398 e. The van der Waals surface area contributed by atoms with Crippen molar-refractivity contribution in [2.45, 2.75) is 17.6 Å². The van der Waals surface area contributed by atoms with E-state index in [1.54, 1.807) is 25.1 Å². The van der Waals surface area contributed by atoms with Crippen LogP contribution >= 0.6 is 0 Å². The van der Waals surface area contributed by atoms with Crippen LogP contribution in [-0.4, -0.2) is 9.13 Å². The molecule has 0 aliphatic carbocycles. The van der Waals surface area contributed by atoms with Crippen molar-refractivity contribution in [1.82, 2.24) is 0 Å². The topological polar surface area (TPSA) is 86.2 Å². The quantitative estimate of drug-likeness (QED) is 0.534. The third-order valence-corrected chi connectivity index (χ3v) is 4.49. The van der Waals surface area contributed by atoms with Gasteiger partial charge in [0.05, 0.1) is 32.1 Å². The number of para-hydroxylation sites is 1. The van der Waals surface area contributed by atoms with Crippen LogP contribution in [0.1, 0.15) is 11.1 Å². The zero-order valence-corrected chi connectivity index (χ0v) is 12.0. The fourth-order valence-corrected chi connectivity index (χ4v) is 3.19. The van der Waals surface area contributed by atoms with E-state index in [1.807, 2.05) is 0 Å². The highest BCUT2D eigenvalue weighted by Crippen LogP contribution is 2.25. The van der Waals surface area contributed by atoms with Gasteiger partial charge in [-0.3, -0.25) is 14.3 Å². The molecule has 0 aromatic heterocycles. The van der Waals surface area contributed by atoms with Gasteiger partial charge in [-0.25, -0.2) is 0 Å². The number of nitrogen functional groups attached to an aromatic ring is 1. The van der Waals surface area contributed by atoms with Gasteiger partial charge in [-0.1, -0.05) is 24.3 Å². The number of benzene rings is 2. The molecule has 1 atom stereocenters. The molecule has 1 unspecified atom stereocenters. The fourth-order valence-electron chi connectivity index (χ4n) is 1.89. The minimum absolute atomic E-state index is 0.0310. The van der Waals surface area contributed by atoms with E-state index in [4.69, 9.17) is 5.73 Å². The minimum atomic E-state index is -1.58. The first kappa shape index (κ1) is 15.1. The summed E-state index contributed by atoms with van der Waals surface area (Å²) in [6.07, 6.45) is 0. The Labute approximate surface area is 123 Å². The Morgan fingerprint density at radius 2 is 1.95 bits per heavy atom. The van der Waals surface area contributed by atoms with E-state index < -0.39 is 27.2 Å². The Balaban J connectivity index is 2.34. The molecule has 0 aliphatic rings. The number of aryl methyl sites for hydroxylation is 1. The first-order valence-corrected chi connectivity index (χ1v) is 7.39. The largest absolute Gasteiger partial charge is 0.398 e. The predicted octanol–water partition coefficient (Wildman–Crippen LogP) is 2.93. The second kappa shape index (κ2) is 6.01. The zero-order valence-electron chi connectivity index (χ0n) is 11.2. The molecule has 0 radical (unpaired) electrons. The third-order valence-electron chi connectivity index (χ3n) is 3.07. The van der Waals surface area contributed by atoms with Crippen molar-refractivity contribution in [2.75, 3.05) is 5.73 Å². The molecule has 5 nitrogen and oxygen atoms in total. The van der Waals surface area contributed by atoms with Gasteiger partial charge in [0.2, 0.25) is 5.82 Å². The predicted molar refractivity (Wildman–Crippen MR) is 78.8 cm³/mol. The summed E-state index contributed by atoms with van der Waals surface area (Å²) >= 11 is 0. The van der Waals surface area contributed by atoms with Crippen molar-refractivity contribution >= 4 is 22.2 Å². The number of nitrogens with zero attached hydrogens (tertiary/aromatic N) is 1. The molecule has 2 aromatic carbocycles. The van der Waals surface area contributed by atoms with Crippen LogP contribution in [0.15, 0.2) is 41.3 Å². The SMILES string of the molecule is Cc1cccc(S(=O)Cc2cccc([N+](=O)[O-])c2F)c1N. The monoisotopic (exact) mass is 308 g/mol. The summed E-state index contributed by atoms with van der Waals surface area (Å²) < 4.78 is 26.3. The van der Waals surface area contributed by atoms with Crippen LogP contribution in [0.4, 0.5) is 15.8 Å². The van der Waals surface area contributed by atoms with Crippen LogP contribution in [0.2, 0.25) is 0 Å². The van der Waals surface area contributed by atoms with E-state index in [2.05, 4.69) is 0 Å². The number of nitrogens with two attached hydrogens (primary N) is 1. The zero-order chi connectivity index (χ0) is 15.6. The van der Waals surface area contributed by atoms with Gasteiger partial charge in [0.15, 0.2) is 0 Å². The molecule has 2 N–H and O–H groups in total. The van der Waals surface area contributed by atoms with Gasteiger partial charge in [0, 0.05) is 11.6 Å². The summed E-state index contributed by atoms with van der Waals surface area (Å²) in [5.41, 5.74) is 6.43. The highest BCUT2D eigenvalue weighted by molar-refractivity contribution is 7.84. The Kier molecular flexibility index (Phi) is 4.32. The Bertz CT molecular complexity index is 734. The van der Waals surface area contributed by atoms with E-state index in [9.17, 15) is 18.7 Å². The maximum atomic E-state index is 14.0. The van der Waals surface area contributed by atoms with Crippen LogP contribution in [0, 0.1) is 22.9 Å². The maximum absolute atomic E-state index is 14.0. The number of nitro benzene ring substituents is 1. The van der Waals surface area contributed by atoms with E-state index in [1.165, 1.54) is 12.1 Å². The molecule has 0 fully saturated rings. The number of nitro groups is 1. The standard InChI is InChI=1S/C14H13FN2O3S/c1-9-4-2-7-12(14(9)16)21(20)8-10-5-3-6-11(13(10)15)17(18)19/h2-7H,8,16H2,1H3. The smallest absolute Gasteiger partial charge is 0.305 e. The van der Waals surface area contributed by atoms with Gasteiger partial charge in [-0.15, -0.1) is 0 Å². The average Bonchev–Trinajstić information content (AvgIpc) is 2.43. The lowest BCUT2D eigenvalue weighted by molar-refractivity contribution is -0.387. The Hall–Kier alpha value is -2.28. The Morgan fingerprint density at radius 1 is 1.29 bits per heavy atom. The molecule has 2 rings (SSSR count). The normalized spacial score (nSPS) is 12.1. The molecule has 0 saturated carbocycles. The summed E-state index contributed by atoms with van der Waals surface area (Å²) in [6.45, 7) is 1.78. The molecular weight excluding hydrogens is 295 g/mol. The molecule has 0 amide bonds. The van der Waals surface area contributed by atoms with E-state index in [0.29, 0.717) is 10.6 Å². The number of hydrogen-bond acceptors (Lipinski definition) is 4. The number of hydrogen-bond donors (Lipinski definition) is 1. The summed E-state index contributed by atoms with van der Waals surface area (Å²) in [4.78, 5) is 10.3. The molecular formula is C14H13FN2O3S. The van der Waals surface area contributed by atoms with Crippen LogP contribution in [0.25, 0.3) is 0 Å². The lowest BCUT2D eigenvalue weighted by Crippen LogP contribution is -2.05. The first-order valence-electron chi connectivity index (χ1n) is 6.07. The van der Waals surface area contributed by atoms with Gasteiger partial charge in [0.1, 0.15) is 0 Å². The number of halogens is 1. The van der Waals surface area contributed by atoms with Crippen molar-refractivity contribution in [3.8, 4) is 0 Å². The first-order chi connectivity index (χ1) is 9.91. The molecule has 0 bridgehead atoms. The molecule has 0 aliphatic heterocycles. The van der Waals surface area contributed by atoms with Crippen LogP contribution in [-0.2, 0) is 16.6 Å². The molecule has 0 heterocycles. The highest BCUT2D eigenvalue weighted by atomic mass is 32.2. The van der Waals surface area contributed by atoms with Crippen LogP contribution < -0.4 is 5.73 Å². The van der Waals surface area contributed by atoms with Crippen molar-refractivity contribution in [2.24, 2.45) is 0 Å². The van der Waals surface area contributed by atoms with Crippen molar-refractivity contribution in [3.05, 3.63) is 63.5 Å². The molecule has 0 spiro atoms. The highest BCUT2D eigenvalue weighted by Gasteiger charge is 2.19. The van der Waals surface area contributed by atoms with E-state index in [0.717, 1.165) is 11.6 Å². The molecule has 2 aromatic rings. The van der Waals surface area contributed by atoms with Gasteiger partial charge in [-0.05, 0) is 18.6 Å². The van der Waals surface area contributed by atoms with Crippen molar-refractivity contribution in [3.63, 3.8) is 0 Å². The third kappa shape index (κ3) is 3.08. The van der Waals surface area contributed by atoms with Crippen molar-refractivity contribution < 1.29 is 13.5 Å². The maximum Gasteiger partial charge on any atom is 0.305 e. The van der Waals surface area contributed by atoms with Gasteiger partial charge in [-0.2, -0.15) is 4.39 Å². The summed E-state index contributed by atoms with van der Waals surface area (Å²) in [7, 11) is -1.58. The van der Waals surface area contributed by atoms with Crippen LogP contribution in [0.5, 0.6) is 0 Å². The number of rotatable bonds is 4. The lowest BCUT2D eigenvalue weighted by Gasteiger charge is -2.08. The Morgan fingerprint density at radius 3 is 2.62 bits per heavy atom. The van der Waals surface area contributed by atoms with Crippen molar-refractivity contribution in [1.29, 1.82) is 0 Å². The van der Waals surface area contributed by atoms with Gasteiger partial charge >= 0.3 is 5.69 Å². The van der Waals surface area contributed by atoms with E-state index >= 15 is 0 Å². The fraction of sp³-hybridized carbons (Fsp3) is 0.143. The molecule has 110 valence electrons. The summed E-state index contributed by atoms with van der Waals surface area (Å²) in [6, 6.07) is 8.92. The lowest BCUT2D eigenvalue weighted by atomic mass is 10.2. The molecule has 7 heteroatoms. The second-order valence-corrected chi connectivity index (χ2v) is 5.90. The number of anilines is 1. The summed E-state index contributed by atoms with van der Waals surface area (Å²) in [5.74, 6) is -1.12. The molecule has 0 saturated heterocycles. The average molecular weight is 308 g/mol. The van der Waals surface area contributed by atoms with E-state index in [-0.39, 0.29) is 11.3 Å². The van der Waals surface area contributed by atoms with Crippen LogP contribution in [0.3, 0.4) is 0 Å². The summed E-state index contributed by atoms with van der Waals surface area (Å²) in [5, 5.41) is 10.7. The van der Waals surface area contributed by atoms with Gasteiger partial charge < -0.3 is 5.73 Å². The molecule has 21 heavy (non-hydrogen) atoms.